The molecule has 0 aliphatic heterocycles. The first-order valence-corrected chi connectivity index (χ1v) is 7.16. The van der Waals surface area contributed by atoms with Crippen LogP contribution in [-0.4, -0.2) is 18.4 Å². The number of amides is 2. The van der Waals surface area contributed by atoms with Crippen LogP contribution in [0, 0.1) is 19.3 Å². The third kappa shape index (κ3) is 2.84. The molecule has 1 aromatic carbocycles. The lowest BCUT2D eigenvalue weighted by atomic mass is 10.0. The van der Waals surface area contributed by atoms with Crippen LogP contribution < -0.4 is 10.6 Å². The van der Waals surface area contributed by atoms with Gasteiger partial charge in [0.25, 0.3) is 0 Å². The number of carbonyl (C=O) groups is 2. The molecule has 0 aromatic heterocycles. The zero-order valence-electron chi connectivity index (χ0n) is 12.4. The molecule has 4 nitrogen and oxygen atoms in total. The van der Waals surface area contributed by atoms with Gasteiger partial charge in [-0.25, -0.2) is 0 Å². The van der Waals surface area contributed by atoms with Crippen LogP contribution in [0.15, 0.2) is 18.2 Å². The summed E-state index contributed by atoms with van der Waals surface area (Å²) < 4.78 is 0. The van der Waals surface area contributed by atoms with Gasteiger partial charge in [0.1, 0.15) is 5.41 Å². The largest absolute Gasteiger partial charge is 0.355 e. The Bertz CT molecular complexity index is 533. The van der Waals surface area contributed by atoms with Gasteiger partial charge < -0.3 is 10.6 Å². The second-order valence-corrected chi connectivity index (χ2v) is 5.59. The van der Waals surface area contributed by atoms with Crippen molar-refractivity contribution >= 4 is 17.5 Å². The number of anilines is 1. The minimum atomic E-state index is -0.839. The van der Waals surface area contributed by atoms with E-state index in [2.05, 4.69) is 10.6 Å². The summed E-state index contributed by atoms with van der Waals surface area (Å²) in [6.07, 6.45) is 2.15. The number of hydrogen-bond donors (Lipinski definition) is 2. The molecule has 2 amide bonds. The third-order valence-corrected chi connectivity index (χ3v) is 3.92. The minimum absolute atomic E-state index is 0.138. The molecule has 0 spiro atoms. The van der Waals surface area contributed by atoms with Gasteiger partial charge in [0.2, 0.25) is 11.8 Å². The van der Waals surface area contributed by atoms with Crippen molar-refractivity contribution in [2.45, 2.75) is 40.0 Å². The Morgan fingerprint density at radius 3 is 2.40 bits per heavy atom. The van der Waals surface area contributed by atoms with Gasteiger partial charge in [-0.3, -0.25) is 9.59 Å². The predicted octanol–water partition coefficient (Wildman–Crippen LogP) is 2.55. The molecule has 0 unspecified atom stereocenters. The normalized spacial score (nSPS) is 15.6. The standard InChI is InChI=1S/C16H22N2O2/c1-4-9-17-14(19)16(7-8-16)15(20)18-13-6-5-11(2)12(3)10-13/h5-6,10H,4,7-9H2,1-3H3,(H,17,19)(H,18,20). The molecule has 1 fully saturated rings. The first-order valence-electron chi connectivity index (χ1n) is 7.16. The van der Waals surface area contributed by atoms with Gasteiger partial charge in [-0.05, 0) is 56.4 Å². The van der Waals surface area contributed by atoms with E-state index in [4.69, 9.17) is 0 Å². The van der Waals surface area contributed by atoms with Gasteiger partial charge in [0, 0.05) is 12.2 Å². The maximum atomic E-state index is 12.3. The minimum Gasteiger partial charge on any atom is -0.355 e. The Morgan fingerprint density at radius 2 is 1.85 bits per heavy atom. The molecular formula is C16H22N2O2. The molecule has 2 N–H and O–H groups in total. The van der Waals surface area contributed by atoms with Crippen LogP contribution in [0.1, 0.15) is 37.3 Å². The second kappa shape index (κ2) is 5.65. The highest BCUT2D eigenvalue weighted by Gasteiger charge is 2.56. The predicted molar refractivity (Wildman–Crippen MR) is 79.5 cm³/mol. The smallest absolute Gasteiger partial charge is 0.240 e. The maximum absolute atomic E-state index is 12.3. The summed E-state index contributed by atoms with van der Waals surface area (Å²) in [4.78, 5) is 24.4. The van der Waals surface area contributed by atoms with E-state index in [0.717, 1.165) is 17.7 Å². The number of nitrogens with one attached hydrogen (secondary N) is 2. The molecule has 4 heteroatoms. The van der Waals surface area contributed by atoms with Crippen molar-refractivity contribution in [1.29, 1.82) is 0 Å². The van der Waals surface area contributed by atoms with Gasteiger partial charge in [-0.1, -0.05) is 13.0 Å². The summed E-state index contributed by atoms with van der Waals surface area (Å²) >= 11 is 0. The summed E-state index contributed by atoms with van der Waals surface area (Å²) in [6, 6.07) is 5.79. The van der Waals surface area contributed by atoms with Gasteiger partial charge >= 0.3 is 0 Å². The summed E-state index contributed by atoms with van der Waals surface area (Å²) in [6.45, 7) is 6.65. The van der Waals surface area contributed by atoms with Gasteiger partial charge in [-0.15, -0.1) is 0 Å². The van der Waals surface area contributed by atoms with E-state index in [-0.39, 0.29) is 11.8 Å². The van der Waals surface area contributed by atoms with Crippen molar-refractivity contribution in [2.75, 3.05) is 11.9 Å². The van der Waals surface area contributed by atoms with Crippen LogP contribution in [-0.2, 0) is 9.59 Å². The fourth-order valence-corrected chi connectivity index (χ4v) is 2.16. The summed E-state index contributed by atoms with van der Waals surface area (Å²) in [5, 5.41) is 5.69. The fraction of sp³-hybridized carbons (Fsp3) is 0.500. The molecule has 0 saturated heterocycles. The Kier molecular flexibility index (Phi) is 4.12. The molecule has 1 aliphatic carbocycles. The highest BCUT2D eigenvalue weighted by Crippen LogP contribution is 2.46. The van der Waals surface area contributed by atoms with E-state index in [0.29, 0.717) is 19.4 Å². The Labute approximate surface area is 119 Å². The lowest BCUT2D eigenvalue weighted by molar-refractivity contribution is -0.134. The van der Waals surface area contributed by atoms with E-state index in [1.54, 1.807) is 0 Å². The Hall–Kier alpha value is -1.84. The first-order chi connectivity index (χ1) is 9.49. The monoisotopic (exact) mass is 274 g/mol. The third-order valence-electron chi connectivity index (χ3n) is 3.92. The molecule has 1 aliphatic rings. The van der Waals surface area contributed by atoms with Crippen molar-refractivity contribution in [3.05, 3.63) is 29.3 Å². The molecular weight excluding hydrogens is 252 g/mol. The van der Waals surface area contributed by atoms with Crippen molar-refractivity contribution in [3.63, 3.8) is 0 Å². The van der Waals surface area contributed by atoms with Gasteiger partial charge in [-0.2, -0.15) is 0 Å². The Balaban J connectivity index is 2.04. The van der Waals surface area contributed by atoms with Gasteiger partial charge in [0.15, 0.2) is 0 Å². The quantitative estimate of drug-likeness (QED) is 0.811. The van der Waals surface area contributed by atoms with E-state index in [9.17, 15) is 9.59 Å². The van der Waals surface area contributed by atoms with Crippen molar-refractivity contribution in [1.82, 2.24) is 5.32 Å². The first kappa shape index (κ1) is 14.6. The lowest BCUT2D eigenvalue weighted by Crippen LogP contribution is -2.40. The van der Waals surface area contributed by atoms with Crippen LogP contribution in [0.25, 0.3) is 0 Å². The molecule has 0 radical (unpaired) electrons. The van der Waals surface area contributed by atoms with E-state index in [1.165, 1.54) is 5.56 Å². The number of carbonyl (C=O) groups excluding carboxylic acids is 2. The zero-order chi connectivity index (χ0) is 14.8. The average molecular weight is 274 g/mol. The topological polar surface area (TPSA) is 58.2 Å². The molecule has 2 rings (SSSR count). The van der Waals surface area contributed by atoms with Crippen LogP contribution in [0.5, 0.6) is 0 Å². The van der Waals surface area contributed by atoms with E-state index in [1.807, 2.05) is 39.0 Å². The van der Waals surface area contributed by atoms with Crippen LogP contribution >= 0.6 is 0 Å². The SMILES string of the molecule is CCCNC(=O)C1(C(=O)Nc2ccc(C)c(C)c2)CC1. The molecule has 1 saturated carbocycles. The average Bonchev–Trinajstić information content (AvgIpc) is 3.22. The molecule has 0 heterocycles. The van der Waals surface area contributed by atoms with Gasteiger partial charge in [0.05, 0.1) is 0 Å². The second-order valence-electron chi connectivity index (χ2n) is 5.59. The highest BCUT2D eigenvalue weighted by atomic mass is 16.2. The van der Waals surface area contributed by atoms with Crippen LogP contribution in [0.3, 0.4) is 0 Å². The van der Waals surface area contributed by atoms with Crippen LogP contribution in [0.4, 0.5) is 5.69 Å². The maximum Gasteiger partial charge on any atom is 0.240 e. The van der Waals surface area contributed by atoms with Crippen LogP contribution in [0.2, 0.25) is 0 Å². The number of benzene rings is 1. The van der Waals surface area contributed by atoms with Crippen molar-refractivity contribution in [2.24, 2.45) is 5.41 Å². The molecule has 108 valence electrons. The molecule has 1 aromatic rings. The number of hydrogen-bond acceptors (Lipinski definition) is 2. The molecule has 20 heavy (non-hydrogen) atoms. The zero-order valence-corrected chi connectivity index (χ0v) is 12.4. The Morgan fingerprint density at radius 1 is 1.15 bits per heavy atom. The van der Waals surface area contributed by atoms with Crippen molar-refractivity contribution < 1.29 is 9.59 Å². The summed E-state index contributed by atoms with van der Waals surface area (Å²) in [5.41, 5.74) is 2.23. The fourth-order valence-electron chi connectivity index (χ4n) is 2.16. The molecule has 0 atom stereocenters. The summed E-state index contributed by atoms with van der Waals surface area (Å²) in [7, 11) is 0. The lowest BCUT2D eigenvalue weighted by Gasteiger charge is -2.15. The van der Waals surface area contributed by atoms with E-state index < -0.39 is 5.41 Å². The number of aryl methyl sites for hydroxylation is 2. The molecule has 0 bridgehead atoms. The van der Waals surface area contributed by atoms with Crippen molar-refractivity contribution in [3.8, 4) is 0 Å². The summed E-state index contributed by atoms with van der Waals surface area (Å²) in [5.74, 6) is -0.324. The van der Waals surface area contributed by atoms with E-state index >= 15 is 0 Å². The number of rotatable bonds is 5. The highest BCUT2D eigenvalue weighted by molar-refractivity contribution is 6.13.